The Morgan fingerprint density at radius 2 is 1.79 bits per heavy atom. The molecule has 1 N–H and O–H groups in total. The average molecular weight is 256 g/mol. The van der Waals surface area contributed by atoms with Crippen molar-refractivity contribution >= 4 is 17.5 Å². The van der Waals surface area contributed by atoms with Gasteiger partial charge in [-0.25, -0.2) is 9.78 Å². The fraction of sp³-hybridized carbons (Fsp3) is 0.200. The van der Waals surface area contributed by atoms with E-state index in [0.717, 1.165) is 11.5 Å². The fourth-order valence-electron chi connectivity index (χ4n) is 1.99. The molecular formula is C15H16N2O2. The number of anilines is 2. The SMILES string of the molecule is Cc1cc(C)cc(N(C)c2ccc(C(=O)O)cn2)c1. The molecule has 0 aliphatic heterocycles. The number of carboxylic acids is 1. The van der Waals surface area contributed by atoms with Crippen LogP contribution in [0.5, 0.6) is 0 Å². The third-order valence-electron chi connectivity index (χ3n) is 2.93. The standard InChI is InChI=1S/C15H16N2O2/c1-10-6-11(2)8-13(7-10)17(3)14-5-4-12(9-16-14)15(18)19/h4-9H,1-3H3,(H,18,19). The van der Waals surface area contributed by atoms with Crippen LogP contribution < -0.4 is 4.90 Å². The molecule has 4 heteroatoms. The number of aromatic nitrogens is 1. The van der Waals surface area contributed by atoms with E-state index in [1.165, 1.54) is 17.3 Å². The second-order valence-corrected chi connectivity index (χ2v) is 4.62. The summed E-state index contributed by atoms with van der Waals surface area (Å²) in [5.41, 5.74) is 3.60. The average Bonchev–Trinajstić information content (AvgIpc) is 2.37. The summed E-state index contributed by atoms with van der Waals surface area (Å²) in [5.74, 6) is -0.247. The van der Waals surface area contributed by atoms with Crippen molar-refractivity contribution in [2.75, 3.05) is 11.9 Å². The Bertz CT molecular complexity index is 586. The van der Waals surface area contributed by atoms with E-state index in [0.29, 0.717) is 0 Å². The molecule has 0 amide bonds. The Balaban J connectivity index is 2.32. The normalized spacial score (nSPS) is 10.3. The van der Waals surface area contributed by atoms with E-state index in [-0.39, 0.29) is 5.56 Å². The van der Waals surface area contributed by atoms with Gasteiger partial charge in [0, 0.05) is 18.9 Å². The molecule has 98 valence electrons. The molecular weight excluding hydrogens is 240 g/mol. The first-order chi connectivity index (χ1) is 8.97. The summed E-state index contributed by atoms with van der Waals surface area (Å²) >= 11 is 0. The third-order valence-corrected chi connectivity index (χ3v) is 2.93. The van der Waals surface area contributed by atoms with Gasteiger partial charge in [-0.2, -0.15) is 0 Å². The number of carbonyl (C=O) groups is 1. The highest BCUT2D eigenvalue weighted by atomic mass is 16.4. The molecule has 4 nitrogen and oxygen atoms in total. The van der Waals surface area contributed by atoms with Gasteiger partial charge in [0.25, 0.3) is 0 Å². The maximum absolute atomic E-state index is 10.8. The van der Waals surface area contributed by atoms with Gasteiger partial charge in [0.2, 0.25) is 0 Å². The third kappa shape index (κ3) is 2.91. The molecule has 0 unspecified atom stereocenters. The van der Waals surface area contributed by atoms with Crippen molar-refractivity contribution in [2.45, 2.75) is 13.8 Å². The van der Waals surface area contributed by atoms with Crippen molar-refractivity contribution in [3.63, 3.8) is 0 Å². The van der Waals surface area contributed by atoms with E-state index in [9.17, 15) is 4.79 Å². The van der Waals surface area contributed by atoms with Crippen LogP contribution in [0.4, 0.5) is 11.5 Å². The summed E-state index contributed by atoms with van der Waals surface area (Å²) < 4.78 is 0. The number of hydrogen-bond acceptors (Lipinski definition) is 3. The molecule has 1 aromatic carbocycles. The minimum absolute atomic E-state index is 0.192. The molecule has 1 heterocycles. The monoisotopic (exact) mass is 256 g/mol. The lowest BCUT2D eigenvalue weighted by atomic mass is 10.1. The summed E-state index contributed by atoms with van der Waals surface area (Å²) in [6.45, 7) is 4.09. The maximum atomic E-state index is 10.8. The highest BCUT2D eigenvalue weighted by molar-refractivity contribution is 5.87. The van der Waals surface area contributed by atoms with Crippen molar-refractivity contribution in [1.82, 2.24) is 4.98 Å². The summed E-state index contributed by atoms with van der Waals surface area (Å²) in [6.07, 6.45) is 1.37. The smallest absolute Gasteiger partial charge is 0.337 e. The number of benzene rings is 1. The van der Waals surface area contributed by atoms with Gasteiger partial charge in [0.15, 0.2) is 0 Å². The Labute approximate surface area is 112 Å². The number of hydrogen-bond donors (Lipinski definition) is 1. The first-order valence-electron chi connectivity index (χ1n) is 5.99. The predicted octanol–water partition coefficient (Wildman–Crippen LogP) is 3.16. The van der Waals surface area contributed by atoms with Gasteiger partial charge in [0.05, 0.1) is 5.56 Å². The van der Waals surface area contributed by atoms with Crippen molar-refractivity contribution < 1.29 is 9.90 Å². The van der Waals surface area contributed by atoms with Crippen LogP contribution in [-0.2, 0) is 0 Å². The molecule has 0 fully saturated rings. The van der Waals surface area contributed by atoms with Gasteiger partial charge in [-0.15, -0.1) is 0 Å². The van der Waals surface area contributed by atoms with Crippen LogP contribution in [0, 0.1) is 13.8 Å². The quantitative estimate of drug-likeness (QED) is 0.916. The lowest BCUT2D eigenvalue weighted by Crippen LogP contribution is -2.12. The van der Waals surface area contributed by atoms with E-state index < -0.39 is 5.97 Å². The lowest BCUT2D eigenvalue weighted by molar-refractivity contribution is 0.0696. The molecule has 1 aromatic heterocycles. The largest absolute Gasteiger partial charge is 0.478 e. The predicted molar refractivity (Wildman–Crippen MR) is 75.2 cm³/mol. The Morgan fingerprint density at radius 1 is 1.16 bits per heavy atom. The maximum Gasteiger partial charge on any atom is 0.337 e. The minimum atomic E-state index is -0.965. The van der Waals surface area contributed by atoms with Gasteiger partial charge < -0.3 is 10.0 Å². The summed E-state index contributed by atoms with van der Waals surface area (Å²) in [7, 11) is 1.91. The van der Waals surface area contributed by atoms with Gasteiger partial charge in [-0.05, 0) is 49.2 Å². The number of nitrogens with zero attached hydrogens (tertiary/aromatic N) is 2. The van der Waals surface area contributed by atoms with Crippen LogP contribution in [0.3, 0.4) is 0 Å². The molecule has 19 heavy (non-hydrogen) atoms. The fourth-order valence-corrected chi connectivity index (χ4v) is 1.99. The molecule has 0 aliphatic rings. The van der Waals surface area contributed by atoms with Gasteiger partial charge in [0.1, 0.15) is 5.82 Å². The van der Waals surface area contributed by atoms with Crippen LogP contribution in [-0.4, -0.2) is 23.1 Å². The summed E-state index contributed by atoms with van der Waals surface area (Å²) in [4.78, 5) is 16.9. The molecule has 0 atom stereocenters. The summed E-state index contributed by atoms with van der Waals surface area (Å²) in [5, 5.41) is 8.85. The van der Waals surface area contributed by atoms with Crippen LogP contribution in [0.15, 0.2) is 36.5 Å². The molecule has 0 bridgehead atoms. The number of pyridine rings is 1. The molecule has 0 aliphatic carbocycles. The van der Waals surface area contributed by atoms with Crippen LogP contribution in [0.25, 0.3) is 0 Å². The van der Waals surface area contributed by atoms with Crippen molar-refractivity contribution in [1.29, 1.82) is 0 Å². The van der Waals surface area contributed by atoms with Gasteiger partial charge in [-0.1, -0.05) is 6.07 Å². The van der Waals surface area contributed by atoms with Crippen molar-refractivity contribution in [3.8, 4) is 0 Å². The molecule has 0 saturated heterocycles. The van der Waals surface area contributed by atoms with Crippen LogP contribution >= 0.6 is 0 Å². The van der Waals surface area contributed by atoms with Crippen molar-refractivity contribution in [3.05, 3.63) is 53.2 Å². The molecule has 0 saturated carbocycles. The highest BCUT2D eigenvalue weighted by Gasteiger charge is 2.08. The van der Waals surface area contributed by atoms with Gasteiger partial charge in [-0.3, -0.25) is 0 Å². The summed E-state index contributed by atoms with van der Waals surface area (Å²) in [6, 6.07) is 9.52. The molecule has 0 spiro atoms. The highest BCUT2D eigenvalue weighted by Crippen LogP contribution is 2.24. The Hall–Kier alpha value is -2.36. The van der Waals surface area contributed by atoms with E-state index in [4.69, 9.17) is 5.11 Å². The number of carboxylic acid groups (broad SMARTS) is 1. The zero-order valence-corrected chi connectivity index (χ0v) is 11.2. The molecule has 2 aromatic rings. The first kappa shape index (κ1) is 13.1. The topological polar surface area (TPSA) is 53.4 Å². The van der Waals surface area contributed by atoms with Crippen molar-refractivity contribution in [2.24, 2.45) is 0 Å². The minimum Gasteiger partial charge on any atom is -0.478 e. The van der Waals surface area contributed by atoms with E-state index in [1.807, 2.05) is 25.8 Å². The first-order valence-corrected chi connectivity index (χ1v) is 5.99. The van der Waals surface area contributed by atoms with E-state index in [1.54, 1.807) is 12.1 Å². The number of aryl methyl sites for hydroxylation is 2. The van der Waals surface area contributed by atoms with E-state index >= 15 is 0 Å². The number of rotatable bonds is 3. The molecule has 2 rings (SSSR count). The zero-order chi connectivity index (χ0) is 14.0. The van der Waals surface area contributed by atoms with E-state index in [2.05, 4.69) is 23.2 Å². The number of aromatic carboxylic acids is 1. The Kier molecular flexibility index (Phi) is 3.51. The van der Waals surface area contributed by atoms with Gasteiger partial charge >= 0.3 is 5.97 Å². The van der Waals surface area contributed by atoms with Crippen LogP contribution in [0.1, 0.15) is 21.5 Å². The molecule has 0 radical (unpaired) electrons. The second kappa shape index (κ2) is 5.10. The lowest BCUT2D eigenvalue weighted by Gasteiger charge is -2.19. The second-order valence-electron chi connectivity index (χ2n) is 4.62. The zero-order valence-electron chi connectivity index (χ0n) is 11.2. The van der Waals surface area contributed by atoms with Crippen LogP contribution in [0.2, 0.25) is 0 Å². The Morgan fingerprint density at radius 3 is 2.26 bits per heavy atom.